The summed E-state index contributed by atoms with van der Waals surface area (Å²) in [4.78, 5) is 13.1. The second-order valence-corrected chi connectivity index (χ2v) is 8.02. The first-order valence-corrected chi connectivity index (χ1v) is 10.1. The van der Waals surface area contributed by atoms with E-state index >= 15 is 0 Å². The molecule has 9 heteroatoms. The lowest BCUT2D eigenvalue weighted by Crippen LogP contribution is -2.34. The van der Waals surface area contributed by atoms with Crippen molar-refractivity contribution in [1.82, 2.24) is 25.1 Å². The van der Waals surface area contributed by atoms with E-state index in [4.69, 9.17) is 12.2 Å². The van der Waals surface area contributed by atoms with Crippen molar-refractivity contribution < 1.29 is 4.79 Å². The minimum atomic E-state index is -0.244. The van der Waals surface area contributed by atoms with Gasteiger partial charge in [0.2, 0.25) is 4.96 Å². The predicted molar refractivity (Wildman–Crippen MR) is 118 cm³/mol. The molecule has 2 N–H and O–H groups in total. The molecule has 2 aromatic carbocycles. The van der Waals surface area contributed by atoms with Crippen LogP contribution in [0.2, 0.25) is 0 Å². The third-order valence-electron chi connectivity index (χ3n) is 4.41. The summed E-state index contributed by atoms with van der Waals surface area (Å²) < 4.78 is 1.73. The highest BCUT2D eigenvalue weighted by Gasteiger charge is 2.13. The first kappa shape index (κ1) is 19.2. The normalized spacial score (nSPS) is 10.9. The molecule has 0 aliphatic heterocycles. The van der Waals surface area contributed by atoms with Gasteiger partial charge in [-0.1, -0.05) is 29.0 Å². The van der Waals surface area contributed by atoms with Crippen LogP contribution in [-0.2, 0) is 0 Å². The Morgan fingerprint density at radius 1 is 1.07 bits per heavy atom. The summed E-state index contributed by atoms with van der Waals surface area (Å²) in [7, 11) is 0. The Morgan fingerprint density at radius 2 is 1.83 bits per heavy atom. The molecule has 0 bridgehead atoms. The molecule has 0 unspecified atom stereocenters. The van der Waals surface area contributed by atoms with E-state index < -0.39 is 0 Å². The second-order valence-electron chi connectivity index (χ2n) is 6.65. The lowest BCUT2D eigenvalue weighted by Gasteiger charge is -2.12. The van der Waals surface area contributed by atoms with E-state index in [1.54, 1.807) is 16.6 Å². The van der Waals surface area contributed by atoms with Gasteiger partial charge in [-0.25, -0.2) is 0 Å². The van der Waals surface area contributed by atoms with Gasteiger partial charge in [0.1, 0.15) is 5.01 Å². The van der Waals surface area contributed by atoms with Crippen molar-refractivity contribution in [3.63, 3.8) is 0 Å². The SMILES string of the molecule is Cc1ccc(C(=O)NC(=S)Nc2ccc(-c3nn4c(C)nnc4s3)cc2C)cc1. The fourth-order valence-corrected chi connectivity index (χ4v) is 3.89. The first-order valence-electron chi connectivity index (χ1n) is 8.89. The summed E-state index contributed by atoms with van der Waals surface area (Å²) in [6, 6.07) is 13.2. The molecule has 0 saturated carbocycles. The summed E-state index contributed by atoms with van der Waals surface area (Å²) in [5.41, 5.74) is 4.44. The molecular formula is C20H18N6OS2. The number of rotatable bonds is 3. The molecule has 0 aliphatic carbocycles. The van der Waals surface area contributed by atoms with Crippen molar-refractivity contribution in [2.24, 2.45) is 0 Å². The third-order valence-corrected chi connectivity index (χ3v) is 5.56. The van der Waals surface area contributed by atoms with Crippen LogP contribution in [0.15, 0.2) is 42.5 Å². The quantitative estimate of drug-likeness (QED) is 0.487. The fourth-order valence-electron chi connectivity index (χ4n) is 2.80. The number of aryl methyl sites for hydroxylation is 3. The van der Waals surface area contributed by atoms with Crippen LogP contribution >= 0.6 is 23.6 Å². The van der Waals surface area contributed by atoms with Gasteiger partial charge >= 0.3 is 0 Å². The maximum absolute atomic E-state index is 12.3. The molecule has 0 fully saturated rings. The average molecular weight is 423 g/mol. The Kier molecular flexibility index (Phi) is 5.08. The monoisotopic (exact) mass is 422 g/mol. The van der Waals surface area contributed by atoms with E-state index in [1.165, 1.54) is 11.3 Å². The molecule has 2 aromatic heterocycles. The minimum absolute atomic E-state index is 0.244. The number of amides is 1. The third kappa shape index (κ3) is 4.01. The summed E-state index contributed by atoms with van der Waals surface area (Å²) in [5.74, 6) is 0.513. The summed E-state index contributed by atoms with van der Waals surface area (Å²) in [5, 5.41) is 19.6. The van der Waals surface area contributed by atoms with Gasteiger partial charge in [-0.3, -0.25) is 10.1 Å². The van der Waals surface area contributed by atoms with Gasteiger partial charge in [0, 0.05) is 16.8 Å². The predicted octanol–water partition coefficient (Wildman–Crippen LogP) is 3.90. The number of hydrogen-bond donors (Lipinski definition) is 2. The number of carbonyl (C=O) groups excluding carboxylic acids is 1. The smallest absolute Gasteiger partial charge is 0.257 e. The van der Waals surface area contributed by atoms with Gasteiger partial charge in [0.15, 0.2) is 10.9 Å². The molecule has 29 heavy (non-hydrogen) atoms. The summed E-state index contributed by atoms with van der Waals surface area (Å²) >= 11 is 6.78. The number of nitrogens with one attached hydrogen (secondary N) is 2. The maximum atomic E-state index is 12.3. The van der Waals surface area contributed by atoms with E-state index in [1.807, 2.05) is 51.1 Å². The molecule has 0 atom stereocenters. The Balaban J connectivity index is 1.47. The van der Waals surface area contributed by atoms with Crippen molar-refractivity contribution in [3.8, 4) is 10.6 Å². The number of aromatic nitrogens is 4. The molecule has 7 nitrogen and oxygen atoms in total. The zero-order valence-corrected chi connectivity index (χ0v) is 17.7. The number of benzene rings is 2. The largest absolute Gasteiger partial charge is 0.332 e. The molecule has 0 aliphatic rings. The van der Waals surface area contributed by atoms with E-state index in [9.17, 15) is 4.79 Å². The number of nitrogens with zero attached hydrogens (tertiary/aromatic N) is 4. The van der Waals surface area contributed by atoms with Crippen LogP contribution in [0.4, 0.5) is 5.69 Å². The lowest BCUT2D eigenvalue weighted by atomic mass is 10.1. The van der Waals surface area contributed by atoms with Crippen molar-refractivity contribution in [2.45, 2.75) is 20.8 Å². The van der Waals surface area contributed by atoms with Gasteiger partial charge in [0.25, 0.3) is 5.91 Å². The van der Waals surface area contributed by atoms with Crippen LogP contribution in [0.3, 0.4) is 0 Å². The highest BCUT2D eigenvalue weighted by atomic mass is 32.1. The van der Waals surface area contributed by atoms with Crippen LogP contribution in [0, 0.1) is 20.8 Å². The van der Waals surface area contributed by atoms with Crippen LogP contribution in [0.1, 0.15) is 27.3 Å². The first-order chi connectivity index (χ1) is 13.9. The van der Waals surface area contributed by atoms with Crippen molar-refractivity contribution in [2.75, 3.05) is 5.32 Å². The molecule has 4 aromatic rings. The lowest BCUT2D eigenvalue weighted by molar-refractivity contribution is 0.0977. The molecule has 146 valence electrons. The van der Waals surface area contributed by atoms with Crippen molar-refractivity contribution in [1.29, 1.82) is 0 Å². The van der Waals surface area contributed by atoms with Crippen molar-refractivity contribution >= 4 is 45.2 Å². The van der Waals surface area contributed by atoms with E-state index in [0.717, 1.165) is 38.2 Å². The van der Waals surface area contributed by atoms with Crippen LogP contribution in [-0.4, -0.2) is 30.8 Å². The maximum Gasteiger partial charge on any atom is 0.257 e. The highest BCUT2D eigenvalue weighted by Crippen LogP contribution is 2.28. The van der Waals surface area contributed by atoms with Gasteiger partial charge in [-0.2, -0.15) is 9.61 Å². The average Bonchev–Trinajstić information content (AvgIpc) is 3.26. The Morgan fingerprint density at radius 3 is 2.52 bits per heavy atom. The summed E-state index contributed by atoms with van der Waals surface area (Å²) in [6.07, 6.45) is 0. The molecule has 0 radical (unpaired) electrons. The minimum Gasteiger partial charge on any atom is -0.332 e. The Labute approximate surface area is 176 Å². The van der Waals surface area contributed by atoms with Crippen molar-refractivity contribution in [3.05, 3.63) is 65.0 Å². The molecule has 4 rings (SSSR count). The molecule has 2 heterocycles. The topological polar surface area (TPSA) is 84.2 Å². The van der Waals surface area contributed by atoms with E-state index in [-0.39, 0.29) is 11.0 Å². The van der Waals surface area contributed by atoms with Crippen LogP contribution in [0.5, 0.6) is 0 Å². The van der Waals surface area contributed by atoms with Gasteiger partial charge in [0.05, 0.1) is 0 Å². The van der Waals surface area contributed by atoms with E-state index in [2.05, 4.69) is 25.9 Å². The number of thiocarbonyl (C=S) groups is 1. The summed E-state index contributed by atoms with van der Waals surface area (Å²) in [6.45, 7) is 5.82. The number of carbonyl (C=O) groups is 1. The van der Waals surface area contributed by atoms with E-state index in [0.29, 0.717) is 5.56 Å². The molecule has 0 spiro atoms. The van der Waals surface area contributed by atoms with Gasteiger partial charge in [-0.15, -0.1) is 10.2 Å². The number of anilines is 1. The van der Waals surface area contributed by atoms with Gasteiger partial charge in [-0.05, 0) is 68.9 Å². The zero-order chi connectivity index (χ0) is 20.5. The zero-order valence-electron chi connectivity index (χ0n) is 16.1. The number of hydrogen-bond acceptors (Lipinski definition) is 6. The molecule has 0 saturated heterocycles. The highest BCUT2D eigenvalue weighted by molar-refractivity contribution is 7.80. The standard InChI is InChI=1S/C20H18N6OS2/c1-11-4-6-14(7-5-11)17(27)22-19(28)21-16-9-8-15(10-12(16)2)18-25-26-13(3)23-24-20(26)29-18/h4-10H,1-3H3,(H2,21,22,27,28). The van der Waals surface area contributed by atoms with Crippen LogP contribution in [0.25, 0.3) is 15.5 Å². The Bertz CT molecular complexity index is 1230. The molecule has 1 amide bonds. The molecular weight excluding hydrogens is 404 g/mol. The van der Waals surface area contributed by atoms with Crippen LogP contribution < -0.4 is 10.6 Å². The Hall–Kier alpha value is -3.17. The van der Waals surface area contributed by atoms with Gasteiger partial charge < -0.3 is 5.32 Å². The number of fused-ring (bicyclic) bond motifs is 1. The fraction of sp³-hybridized carbons (Fsp3) is 0.150. The second kappa shape index (κ2) is 7.69.